The van der Waals surface area contributed by atoms with E-state index in [0.717, 1.165) is 23.9 Å². The van der Waals surface area contributed by atoms with Gasteiger partial charge in [-0.3, -0.25) is 9.20 Å². The van der Waals surface area contributed by atoms with Crippen LogP contribution in [0, 0.1) is 5.82 Å². The average molecular weight is 552 g/mol. The molecule has 0 saturated heterocycles. The van der Waals surface area contributed by atoms with Crippen molar-refractivity contribution in [3.8, 4) is 11.3 Å². The Balaban J connectivity index is 1.34. The number of hydrogen-bond donors (Lipinski definition) is 3. The molecule has 2 bridgehead atoms. The Morgan fingerprint density at radius 3 is 2.52 bits per heavy atom. The van der Waals surface area contributed by atoms with E-state index in [1.54, 1.807) is 10.6 Å². The molecule has 0 unspecified atom stereocenters. The molecule has 4 N–H and O–H groups in total. The standard InChI is InChI=1S/C27H20F4N6O3/c28-18-9-13(23(38)35-19-10-15(4-6-33-19)27(29,30)31)1-2-17(18)20-21-22(32)34-7-8-37(21)25(36-20)26-5-3-16(24(39)40)14(11-26)12-26/h1-2,4,6-10H,3,5,11-12H2,(H2,32,34)(H,39,40)(H,33,35,38). The molecule has 1 aromatic carbocycles. The number of nitrogens with zero attached hydrogens (tertiary/aromatic N) is 4. The maximum absolute atomic E-state index is 15.5. The number of imidazole rings is 1. The second-order valence-electron chi connectivity index (χ2n) is 9.91. The quantitative estimate of drug-likeness (QED) is 0.297. The number of nitrogen functional groups attached to an aromatic ring is 1. The molecule has 204 valence electrons. The van der Waals surface area contributed by atoms with Crippen LogP contribution in [-0.4, -0.2) is 36.3 Å². The molecule has 3 aromatic heterocycles. The summed E-state index contributed by atoms with van der Waals surface area (Å²) in [5.41, 5.74) is 6.56. The topological polar surface area (TPSA) is 136 Å². The number of halogens is 4. The highest BCUT2D eigenvalue weighted by molar-refractivity contribution is 6.04. The monoisotopic (exact) mass is 552 g/mol. The molecule has 1 amide bonds. The van der Waals surface area contributed by atoms with Crippen molar-refractivity contribution in [2.75, 3.05) is 11.1 Å². The summed E-state index contributed by atoms with van der Waals surface area (Å²) in [7, 11) is 0. The number of allylic oxidation sites excluding steroid dienone is 1. The molecular formula is C27H20F4N6O3. The number of hydrogen-bond acceptors (Lipinski definition) is 6. The van der Waals surface area contributed by atoms with E-state index in [-0.39, 0.29) is 28.5 Å². The minimum absolute atomic E-state index is 0.0470. The Bertz CT molecular complexity index is 1750. The minimum Gasteiger partial charge on any atom is -0.478 e. The highest BCUT2D eigenvalue weighted by Crippen LogP contribution is 2.56. The molecule has 7 rings (SSSR count). The van der Waals surface area contributed by atoms with Gasteiger partial charge in [0.05, 0.1) is 5.56 Å². The second-order valence-corrected chi connectivity index (χ2v) is 9.91. The van der Waals surface area contributed by atoms with Gasteiger partial charge in [-0.15, -0.1) is 0 Å². The number of anilines is 2. The van der Waals surface area contributed by atoms with Crippen molar-refractivity contribution in [3.05, 3.63) is 82.8 Å². The van der Waals surface area contributed by atoms with Crippen LogP contribution in [0.4, 0.5) is 29.2 Å². The van der Waals surface area contributed by atoms with Gasteiger partial charge in [0.15, 0.2) is 0 Å². The number of carboxylic acids is 1. The molecule has 1 saturated carbocycles. The molecular weight excluding hydrogens is 532 g/mol. The highest BCUT2D eigenvalue weighted by atomic mass is 19.4. The summed E-state index contributed by atoms with van der Waals surface area (Å²) in [6.45, 7) is 0. The van der Waals surface area contributed by atoms with Crippen LogP contribution in [0.15, 0.2) is 60.1 Å². The molecule has 0 spiro atoms. The summed E-state index contributed by atoms with van der Waals surface area (Å²) in [5.74, 6) is -2.17. The molecule has 0 radical (unpaired) electrons. The molecule has 3 aliphatic carbocycles. The summed E-state index contributed by atoms with van der Waals surface area (Å²) in [6.07, 6.45) is 1.48. The molecule has 0 atom stereocenters. The lowest BCUT2D eigenvalue weighted by molar-refractivity contribution is -0.137. The first-order chi connectivity index (χ1) is 19.0. The van der Waals surface area contributed by atoms with Crippen molar-refractivity contribution in [3.63, 3.8) is 0 Å². The number of amides is 1. The third-order valence-electron chi connectivity index (χ3n) is 7.51. The van der Waals surface area contributed by atoms with E-state index in [1.165, 1.54) is 18.3 Å². The number of aromatic nitrogens is 4. The predicted molar refractivity (Wildman–Crippen MR) is 135 cm³/mol. The number of carboxylic acid groups (broad SMARTS) is 1. The first-order valence-electron chi connectivity index (χ1n) is 12.2. The van der Waals surface area contributed by atoms with Crippen LogP contribution in [0.3, 0.4) is 0 Å². The van der Waals surface area contributed by atoms with E-state index in [1.807, 2.05) is 0 Å². The van der Waals surface area contributed by atoms with Gasteiger partial charge in [0, 0.05) is 40.7 Å². The fourth-order valence-electron chi connectivity index (χ4n) is 5.56. The summed E-state index contributed by atoms with van der Waals surface area (Å²) < 4.78 is 56.2. The van der Waals surface area contributed by atoms with Crippen LogP contribution in [0.25, 0.3) is 16.8 Å². The van der Waals surface area contributed by atoms with Crippen molar-refractivity contribution in [2.24, 2.45) is 0 Å². The number of nitrogens with two attached hydrogens (primary N) is 1. The third-order valence-corrected chi connectivity index (χ3v) is 7.51. The number of fused-ring (bicyclic) bond motifs is 3. The highest BCUT2D eigenvalue weighted by Gasteiger charge is 2.50. The van der Waals surface area contributed by atoms with E-state index in [2.05, 4.69) is 15.3 Å². The van der Waals surface area contributed by atoms with Crippen LogP contribution < -0.4 is 11.1 Å². The molecule has 13 heteroatoms. The van der Waals surface area contributed by atoms with Gasteiger partial charge in [-0.25, -0.2) is 24.1 Å². The van der Waals surface area contributed by atoms with E-state index < -0.39 is 34.8 Å². The van der Waals surface area contributed by atoms with Gasteiger partial charge in [0.2, 0.25) is 0 Å². The number of benzene rings is 1. The fourth-order valence-corrected chi connectivity index (χ4v) is 5.56. The fraction of sp³-hybridized carbons (Fsp3) is 0.222. The SMILES string of the molecule is Nc1nccn2c(C34CCC(C(=O)O)=C(C3)C4)nc(-c3ccc(C(=O)Nc4cc(C(F)(F)F)ccn4)cc3F)c12. The molecule has 3 aliphatic rings. The van der Waals surface area contributed by atoms with Crippen LogP contribution in [0.1, 0.15) is 47.4 Å². The third kappa shape index (κ3) is 4.05. The van der Waals surface area contributed by atoms with Gasteiger partial charge in [-0.1, -0.05) is 5.57 Å². The Morgan fingerprint density at radius 2 is 1.88 bits per heavy atom. The molecule has 3 heterocycles. The number of carbonyl (C=O) groups is 2. The predicted octanol–water partition coefficient (Wildman–Crippen LogP) is 4.99. The molecule has 4 aromatic rings. The van der Waals surface area contributed by atoms with Crippen LogP contribution >= 0.6 is 0 Å². The maximum Gasteiger partial charge on any atom is 0.416 e. The Kier molecular flexibility index (Phi) is 5.64. The van der Waals surface area contributed by atoms with Gasteiger partial charge in [-0.05, 0) is 56.0 Å². The van der Waals surface area contributed by atoms with Crippen LogP contribution in [0.5, 0.6) is 0 Å². The lowest BCUT2D eigenvalue weighted by atomic mass is 9.57. The van der Waals surface area contributed by atoms with Gasteiger partial charge < -0.3 is 16.2 Å². The van der Waals surface area contributed by atoms with Crippen LogP contribution in [-0.2, 0) is 16.4 Å². The van der Waals surface area contributed by atoms with Crippen molar-refractivity contribution >= 4 is 29.0 Å². The van der Waals surface area contributed by atoms with Gasteiger partial charge in [0.1, 0.15) is 34.5 Å². The number of alkyl halides is 3. The Hall–Kier alpha value is -4.81. The van der Waals surface area contributed by atoms with Crippen LogP contribution in [0.2, 0.25) is 0 Å². The normalized spacial score (nSPS) is 16.1. The zero-order valence-electron chi connectivity index (χ0n) is 20.6. The first-order valence-corrected chi connectivity index (χ1v) is 12.2. The largest absolute Gasteiger partial charge is 0.478 e. The summed E-state index contributed by atoms with van der Waals surface area (Å²) in [6, 6.07) is 5.07. The zero-order valence-corrected chi connectivity index (χ0v) is 20.6. The number of pyridine rings is 1. The zero-order chi connectivity index (χ0) is 28.4. The summed E-state index contributed by atoms with van der Waals surface area (Å²) in [5, 5.41) is 11.7. The number of rotatable bonds is 5. The smallest absolute Gasteiger partial charge is 0.416 e. The van der Waals surface area contributed by atoms with Gasteiger partial charge >= 0.3 is 12.1 Å². The van der Waals surface area contributed by atoms with E-state index in [4.69, 9.17) is 10.7 Å². The second kappa shape index (κ2) is 8.86. The van der Waals surface area contributed by atoms with E-state index >= 15 is 4.39 Å². The summed E-state index contributed by atoms with van der Waals surface area (Å²) >= 11 is 0. The molecule has 1 fully saturated rings. The Labute approximate surface area is 223 Å². The number of nitrogens with one attached hydrogen (secondary N) is 1. The average Bonchev–Trinajstić information content (AvgIpc) is 3.29. The van der Waals surface area contributed by atoms with E-state index in [9.17, 15) is 27.9 Å². The first kappa shape index (κ1) is 25.5. The number of carbonyl (C=O) groups excluding carboxylic acids is 1. The number of aliphatic carboxylic acids is 1. The lowest BCUT2D eigenvalue weighted by Gasteiger charge is -2.47. The van der Waals surface area contributed by atoms with Crippen molar-refractivity contribution < 1.29 is 32.3 Å². The van der Waals surface area contributed by atoms with Crippen molar-refractivity contribution in [2.45, 2.75) is 37.3 Å². The molecule has 0 aliphatic heterocycles. The molecule has 9 nitrogen and oxygen atoms in total. The minimum atomic E-state index is -4.62. The lowest BCUT2D eigenvalue weighted by Crippen LogP contribution is -2.43. The summed E-state index contributed by atoms with van der Waals surface area (Å²) in [4.78, 5) is 36.8. The maximum atomic E-state index is 15.5. The Morgan fingerprint density at radius 1 is 1.10 bits per heavy atom. The van der Waals surface area contributed by atoms with Crippen molar-refractivity contribution in [1.29, 1.82) is 0 Å². The van der Waals surface area contributed by atoms with Crippen molar-refractivity contribution in [1.82, 2.24) is 19.4 Å². The van der Waals surface area contributed by atoms with E-state index in [0.29, 0.717) is 48.7 Å². The molecule has 40 heavy (non-hydrogen) atoms. The van der Waals surface area contributed by atoms with Gasteiger partial charge in [-0.2, -0.15) is 13.2 Å². The van der Waals surface area contributed by atoms with Gasteiger partial charge in [0.25, 0.3) is 5.91 Å².